The maximum atomic E-state index is 13.8. The van der Waals surface area contributed by atoms with Crippen LogP contribution in [-0.4, -0.2) is 59.1 Å². The number of carboxylic acid groups (broad SMARTS) is 1. The van der Waals surface area contributed by atoms with Crippen LogP contribution < -0.4 is 4.90 Å². The minimum Gasteiger partial charge on any atom is -0.477 e. The second-order valence-electron chi connectivity index (χ2n) is 10.2. The number of anilines is 1. The molecule has 1 saturated carbocycles. The van der Waals surface area contributed by atoms with Gasteiger partial charge in [0, 0.05) is 25.4 Å². The van der Waals surface area contributed by atoms with Gasteiger partial charge in [-0.15, -0.1) is 11.3 Å². The van der Waals surface area contributed by atoms with Gasteiger partial charge in [-0.1, -0.05) is 18.8 Å². The summed E-state index contributed by atoms with van der Waals surface area (Å²) in [7, 11) is 3.10. The quantitative estimate of drug-likeness (QED) is 0.608. The molecule has 8 heteroatoms. The van der Waals surface area contributed by atoms with Crippen molar-refractivity contribution < 1.29 is 24.6 Å². The number of hydrogen-bond donors (Lipinski definition) is 2. The summed E-state index contributed by atoms with van der Waals surface area (Å²) >= 11 is 0.977. The first kappa shape index (κ1) is 26.9. The molecule has 2 amide bonds. The van der Waals surface area contributed by atoms with Crippen LogP contribution in [-0.2, 0) is 9.59 Å². The summed E-state index contributed by atoms with van der Waals surface area (Å²) < 4.78 is 0. The smallest absolute Gasteiger partial charge is 0.348 e. The largest absolute Gasteiger partial charge is 0.477 e. The van der Waals surface area contributed by atoms with Gasteiger partial charge in [-0.25, -0.2) is 4.79 Å². The maximum Gasteiger partial charge on any atom is 0.348 e. The number of hydrogen-bond acceptors (Lipinski definition) is 5. The Kier molecular flexibility index (Phi) is 8.72. The average Bonchev–Trinajstić information content (AvgIpc) is 3.13. The van der Waals surface area contributed by atoms with E-state index in [0.29, 0.717) is 23.6 Å². The number of aliphatic hydroxyl groups excluding tert-OH is 1. The maximum absolute atomic E-state index is 13.8. The zero-order valence-electron chi connectivity index (χ0n) is 20.6. The number of thiophene rings is 1. The molecule has 2 N–H and O–H groups in total. The molecule has 1 aliphatic rings. The predicted molar refractivity (Wildman–Crippen MR) is 130 cm³/mol. The fourth-order valence-electron chi connectivity index (χ4n) is 3.93. The van der Waals surface area contributed by atoms with Crippen molar-refractivity contribution in [2.75, 3.05) is 19.0 Å². The molecule has 1 aromatic heterocycles. The van der Waals surface area contributed by atoms with E-state index in [2.05, 4.69) is 18.8 Å². The van der Waals surface area contributed by atoms with Crippen LogP contribution in [0.5, 0.6) is 0 Å². The summed E-state index contributed by atoms with van der Waals surface area (Å²) in [6, 6.07) is 0.331. The molecule has 1 aromatic rings. The number of aliphatic hydroxyl groups is 1. The lowest BCUT2D eigenvalue weighted by molar-refractivity contribution is -0.136. The molecular weight excluding hydrogens is 440 g/mol. The van der Waals surface area contributed by atoms with Gasteiger partial charge in [-0.2, -0.15) is 0 Å². The first-order valence-corrected chi connectivity index (χ1v) is 12.2. The topological polar surface area (TPSA) is 98.2 Å². The first-order valence-electron chi connectivity index (χ1n) is 11.4. The Morgan fingerprint density at radius 2 is 1.73 bits per heavy atom. The molecule has 33 heavy (non-hydrogen) atoms. The molecule has 0 aromatic carbocycles. The summed E-state index contributed by atoms with van der Waals surface area (Å²) in [5, 5.41) is 20.5. The lowest BCUT2D eigenvalue weighted by atomic mass is 9.82. The van der Waals surface area contributed by atoms with Crippen LogP contribution in [0.2, 0.25) is 0 Å². The van der Waals surface area contributed by atoms with Gasteiger partial charge in [0.05, 0.1) is 16.7 Å². The third-order valence-electron chi connectivity index (χ3n) is 5.76. The van der Waals surface area contributed by atoms with Crippen LogP contribution >= 0.6 is 11.3 Å². The third kappa shape index (κ3) is 6.81. The molecule has 0 saturated heterocycles. The van der Waals surface area contributed by atoms with Crippen LogP contribution in [0, 0.1) is 29.1 Å². The standard InChI is InChI=1S/C25H36N2O5S/c1-15-8-10-17(11-9-15)22(29)27(20(16(2)28)23(30)26(6)7)19-14-18(12-13-25(3,4)5)33-21(19)24(31)32/h14-17,20,28H,8-11H2,1-7H3,(H,31,32)/t15?,16-,17?,20+/m1/s1. The van der Waals surface area contributed by atoms with E-state index in [1.807, 2.05) is 20.8 Å². The van der Waals surface area contributed by atoms with Crippen LogP contribution in [0.1, 0.15) is 74.9 Å². The molecule has 182 valence electrons. The van der Waals surface area contributed by atoms with E-state index in [4.69, 9.17) is 0 Å². The van der Waals surface area contributed by atoms with E-state index in [9.17, 15) is 24.6 Å². The normalized spacial score (nSPS) is 20.2. The number of carbonyl (C=O) groups excluding carboxylic acids is 2. The van der Waals surface area contributed by atoms with Crippen LogP contribution in [0.25, 0.3) is 0 Å². The SMILES string of the molecule is CC1CCC(C(=O)N(c2cc(C#CC(C)(C)C)sc2C(=O)O)[C@H](C(=O)N(C)C)[C@@H](C)O)CC1. The first-order chi connectivity index (χ1) is 15.2. The van der Waals surface area contributed by atoms with E-state index in [1.165, 1.54) is 16.7 Å². The number of amides is 2. The van der Waals surface area contributed by atoms with E-state index in [1.54, 1.807) is 20.2 Å². The molecule has 2 rings (SSSR count). The summed E-state index contributed by atoms with van der Waals surface area (Å²) in [4.78, 5) is 42.0. The number of carbonyl (C=O) groups is 3. The number of nitrogens with zero attached hydrogens (tertiary/aromatic N) is 2. The highest BCUT2D eigenvalue weighted by Crippen LogP contribution is 2.37. The second-order valence-corrected chi connectivity index (χ2v) is 11.3. The van der Waals surface area contributed by atoms with Gasteiger partial charge in [0.1, 0.15) is 10.9 Å². The van der Waals surface area contributed by atoms with E-state index in [-0.39, 0.29) is 27.8 Å². The van der Waals surface area contributed by atoms with Crippen molar-refractivity contribution in [1.82, 2.24) is 4.90 Å². The van der Waals surface area contributed by atoms with Gasteiger partial charge in [0.15, 0.2) is 0 Å². The lowest BCUT2D eigenvalue weighted by Gasteiger charge is -2.37. The summed E-state index contributed by atoms with van der Waals surface area (Å²) in [5.74, 6) is 4.30. The molecule has 0 spiro atoms. The summed E-state index contributed by atoms with van der Waals surface area (Å²) in [6.07, 6.45) is 1.92. The molecule has 2 atom stereocenters. The predicted octanol–water partition coefficient (Wildman–Crippen LogP) is 3.84. The Labute approximate surface area is 200 Å². The molecule has 1 aliphatic carbocycles. The molecule has 1 heterocycles. The number of carboxylic acids is 1. The van der Waals surface area contributed by atoms with Crippen molar-refractivity contribution in [2.24, 2.45) is 17.3 Å². The Morgan fingerprint density at radius 1 is 1.15 bits per heavy atom. The van der Waals surface area contributed by atoms with Gasteiger partial charge in [0.2, 0.25) is 11.8 Å². The highest BCUT2D eigenvalue weighted by Gasteiger charge is 2.41. The van der Waals surface area contributed by atoms with Gasteiger partial charge in [-0.3, -0.25) is 14.5 Å². The fourth-order valence-corrected chi connectivity index (χ4v) is 4.77. The van der Waals surface area contributed by atoms with E-state index in [0.717, 1.165) is 24.2 Å². The van der Waals surface area contributed by atoms with Crippen LogP contribution in [0.3, 0.4) is 0 Å². The molecule has 0 aliphatic heterocycles. The van der Waals surface area contributed by atoms with Gasteiger partial charge < -0.3 is 15.1 Å². The zero-order valence-corrected chi connectivity index (χ0v) is 21.5. The van der Waals surface area contributed by atoms with Crippen molar-refractivity contribution in [3.63, 3.8) is 0 Å². The molecule has 0 radical (unpaired) electrons. The Hall–Kier alpha value is -2.37. The van der Waals surface area contributed by atoms with Crippen molar-refractivity contribution in [1.29, 1.82) is 0 Å². The van der Waals surface area contributed by atoms with Gasteiger partial charge >= 0.3 is 5.97 Å². The summed E-state index contributed by atoms with van der Waals surface area (Å²) in [5.41, 5.74) is -0.166. The lowest BCUT2D eigenvalue weighted by Crippen LogP contribution is -2.56. The Morgan fingerprint density at radius 3 is 2.18 bits per heavy atom. The number of rotatable bonds is 6. The third-order valence-corrected chi connectivity index (χ3v) is 6.79. The molecule has 0 bridgehead atoms. The highest BCUT2D eigenvalue weighted by molar-refractivity contribution is 7.15. The van der Waals surface area contributed by atoms with Gasteiger partial charge in [-0.05, 0) is 65.4 Å². The van der Waals surface area contributed by atoms with Crippen molar-refractivity contribution in [3.8, 4) is 11.8 Å². The number of aromatic carboxylic acids is 1. The number of likely N-dealkylation sites (N-methyl/N-ethyl adjacent to an activating group) is 1. The average molecular weight is 477 g/mol. The Balaban J connectivity index is 2.66. The minimum atomic E-state index is -1.23. The second kappa shape index (κ2) is 10.7. The van der Waals surface area contributed by atoms with Crippen molar-refractivity contribution in [2.45, 2.75) is 72.4 Å². The van der Waals surface area contributed by atoms with Crippen molar-refractivity contribution >= 4 is 34.8 Å². The highest BCUT2D eigenvalue weighted by atomic mass is 32.1. The van der Waals surface area contributed by atoms with E-state index >= 15 is 0 Å². The van der Waals surface area contributed by atoms with Crippen molar-refractivity contribution in [3.05, 3.63) is 15.8 Å². The van der Waals surface area contributed by atoms with E-state index < -0.39 is 24.0 Å². The van der Waals surface area contributed by atoms with Crippen LogP contribution in [0.15, 0.2) is 6.07 Å². The molecule has 0 unspecified atom stereocenters. The monoisotopic (exact) mass is 476 g/mol. The summed E-state index contributed by atoms with van der Waals surface area (Å²) in [6.45, 7) is 9.44. The zero-order chi connectivity index (χ0) is 25.1. The molecular formula is C25H36N2O5S. The molecule has 1 fully saturated rings. The minimum absolute atomic E-state index is 0.0667. The molecule has 7 nitrogen and oxygen atoms in total. The van der Waals surface area contributed by atoms with Gasteiger partial charge in [0.25, 0.3) is 0 Å². The Bertz CT molecular complexity index is 940. The van der Waals surface area contributed by atoms with Crippen LogP contribution in [0.4, 0.5) is 5.69 Å². The fraction of sp³-hybridized carbons (Fsp3) is 0.640.